The zero-order valence-electron chi connectivity index (χ0n) is 13.6. The van der Waals surface area contributed by atoms with Crippen molar-refractivity contribution in [2.75, 3.05) is 26.7 Å². The Morgan fingerprint density at radius 2 is 2.09 bits per heavy atom. The summed E-state index contributed by atoms with van der Waals surface area (Å²) in [5.74, 6) is 0.741. The predicted octanol–water partition coefficient (Wildman–Crippen LogP) is 2.85. The Balaban J connectivity index is 0.00000242. The summed E-state index contributed by atoms with van der Waals surface area (Å²) in [4.78, 5) is 0.429. The highest BCUT2D eigenvalue weighted by Crippen LogP contribution is 2.25. The van der Waals surface area contributed by atoms with Crippen LogP contribution < -0.4 is 5.32 Å². The van der Waals surface area contributed by atoms with Crippen molar-refractivity contribution in [3.63, 3.8) is 0 Å². The van der Waals surface area contributed by atoms with Crippen molar-refractivity contribution in [3.05, 3.63) is 29.8 Å². The average Bonchev–Trinajstić information content (AvgIpc) is 2.48. The van der Waals surface area contributed by atoms with E-state index in [1.54, 1.807) is 10.4 Å². The second-order valence-electron chi connectivity index (χ2n) is 6.16. The molecule has 6 heteroatoms. The summed E-state index contributed by atoms with van der Waals surface area (Å²) in [5.41, 5.74) is 1.07. The Labute approximate surface area is 140 Å². The van der Waals surface area contributed by atoms with E-state index in [-0.39, 0.29) is 12.4 Å². The van der Waals surface area contributed by atoms with Gasteiger partial charge in [0, 0.05) is 13.1 Å². The molecule has 0 aliphatic carbocycles. The van der Waals surface area contributed by atoms with Crippen LogP contribution in [0.15, 0.2) is 29.2 Å². The van der Waals surface area contributed by atoms with Crippen LogP contribution in [0.4, 0.5) is 0 Å². The number of halogens is 1. The Hall–Kier alpha value is -0.620. The van der Waals surface area contributed by atoms with Crippen LogP contribution in [0, 0.1) is 5.92 Å². The molecule has 0 aromatic heterocycles. The van der Waals surface area contributed by atoms with Gasteiger partial charge in [0.25, 0.3) is 0 Å². The molecule has 1 aliphatic heterocycles. The molecule has 22 heavy (non-hydrogen) atoms. The smallest absolute Gasteiger partial charge is 0.243 e. The van der Waals surface area contributed by atoms with Crippen LogP contribution in [-0.4, -0.2) is 39.4 Å². The van der Waals surface area contributed by atoms with Gasteiger partial charge in [0.2, 0.25) is 10.0 Å². The van der Waals surface area contributed by atoms with Crippen molar-refractivity contribution in [2.24, 2.45) is 5.92 Å². The molecular formula is C16H27ClN2O2S. The minimum absolute atomic E-state index is 0. The summed E-state index contributed by atoms with van der Waals surface area (Å²) in [7, 11) is -1.45. The molecular weight excluding hydrogens is 320 g/mol. The molecule has 2 rings (SSSR count). The predicted molar refractivity (Wildman–Crippen MR) is 93.2 cm³/mol. The van der Waals surface area contributed by atoms with Gasteiger partial charge in [-0.15, -0.1) is 12.4 Å². The molecule has 1 aromatic carbocycles. The minimum atomic E-state index is -3.36. The van der Waals surface area contributed by atoms with E-state index >= 15 is 0 Å². The van der Waals surface area contributed by atoms with E-state index in [9.17, 15) is 8.42 Å². The Bertz CT molecular complexity index is 573. The van der Waals surface area contributed by atoms with Gasteiger partial charge in [-0.25, -0.2) is 8.42 Å². The summed E-state index contributed by atoms with van der Waals surface area (Å²) >= 11 is 0. The SMILES string of the molecule is CNCC1CCCN(S(=O)(=O)c2cccc(C(C)C)c2)C1.Cl. The first-order valence-corrected chi connectivity index (χ1v) is 9.14. The largest absolute Gasteiger partial charge is 0.319 e. The van der Waals surface area contributed by atoms with Crippen molar-refractivity contribution in [3.8, 4) is 0 Å². The van der Waals surface area contributed by atoms with Crippen molar-refractivity contribution in [2.45, 2.75) is 37.5 Å². The lowest BCUT2D eigenvalue weighted by molar-refractivity contribution is 0.263. The Kier molecular flexibility index (Phi) is 7.32. The number of nitrogens with zero attached hydrogens (tertiary/aromatic N) is 1. The van der Waals surface area contributed by atoms with Gasteiger partial charge in [-0.05, 0) is 56.0 Å². The molecule has 1 saturated heterocycles. The first kappa shape index (κ1) is 19.4. The van der Waals surface area contributed by atoms with E-state index in [0.717, 1.165) is 24.9 Å². The van der Waals surface area contributed by atoms with Gasteiger partial charge in [-0.2, -0.15) is 4.31 Å². The number of rotatable bonds is 5. The highest BCUT2D eigenvalue weighted by atomic mass is 35.5. The zero-order valence-corrected chi connectivity index (χ0v) is 15.2. The maximum absolute atomic E-state index is 12.8. The van der Waals surface area contributed by atoms with Gasteiger partial charge < -0.3 is 5.32 Å². The van der Waals surface area contributed by atoms with Crippen LogP contribution in [0.1, 0.15) is 38.2 Å². The van der Waals surface area contributed by atoms with Crippen LogP contribution in [-0.2, 0) is 10.0 Å². The zero-order chi connectivity index (χ0) is 15.5. The van der Waals surface area contributed by atoms with Crippen LogP contribution in [0.3, 0.4) is 0 Å². The lowest BCUT2D eigenvalue weighted by Gasteiger charge is -2.32. The van der Waals surface area contributed by atoms with Crippen molar-refractivity contribution >= 4 is 22.4 Å². The summed E-state index contributed by atoms with van der Waals surface area (Å²) in [6.07, 6.45) is 2.04. The first-order valence-electron chi connectivity index (χ1n) is 7.70. The highest BCUT2D eigenvalue weighted by Gasteiger charge is 2.30. The molecule has 1 N–H and O–H groups in total. The Morgan fingerprint density at radius 1 is 1.36 bits per heavy atom. The number of nitrogens with one attached hydrogen (secondary N) is 1. The standard InChI is InChI=1S/C16H26N2O2S.ClH/c1-13(2)15-7-4-8-16(10-15)21(19,20)18-9-5-6-14(12-18)11-17-3;/h4,7-8,10,13-14,17H,5-6,9,11-12H2,1-3H3;1H. The molecule has 1 atom stereocenters. The molecule has 1 fully saturated rings. The maximum Gasteiger partial charge on any atom is 0.243 e. The summed E-state index contributed by atoms with van der Waals surface area (Å²) < 4.78 is 27.3. The monoisotopic (exact) mass is 346 g/mol. The number of hydrogen-bond donors (Lipinski definition) is 1. The third-order valence-electron chi connectivity index (χ3n) is 4.14. The number of hydrogen-bond acceptors (Lipinski definition) is 3. The third kappa shape index (κ3) is 4.44. The average molecular weight is 347 g/mol. The van der Waals surface area contributed by atoms with Crippen LogP contribution in [0.2, 0.25) is 0 Å². The fraction of sp³-hybridized carbons (Fsp3) is 0.625. The number of sulfonamides is 1. The fourth-order valence-corrected chi connectivity index (χ4v) is 4.49. The molecule has 126 valence electrons. The van der Waals surface area contributed by atoms with Crippen molar-refractivity contribution in [1.29, 1.82) is 0 Å². The molecule has 0 bridgehead atoms. The van der Waals surface area contributed by atoms with Crippen LogP contribution >= 0.6 is 12.4 Å². The van der Waals surface area contributed by atoms with Gasteiger partial charge in [-0.1, -0.05) is 26.0 Å². The van der Waals surface area contributed by atoms with E-state index < -0.39 is 10.0 Å². The topological polar surface area (TPSA) is 49.4 Å². The molecule has 0 amide bonds. The molecule has 1 aliphatic rings. The maximum atomic E-state index is 12.8. The molecule has 1 unspecified atom stereocenters. The summed E-state index contributed by atoms with van der Waals surface area (Å²) in [5, 5.41) is 3.15. The number of benzene rings is 1. The van der Waals surface area contributed by atoms with Crippen LogP contribution in [0.5, 0.6) is 0 Å². The van der Waals surface area contributed by atoms with Gasteiger partial charge >= 0.3 is 0 Å². The van der Waals surface area contributed by atoms with Gasteiger partial charge in [0.15, 0.2) is 0 Å². The second kappa shape index (κ2) is 8.29. The van der Waals surface area contributed by atoms with Crippen LogP contribution in [0.25, 0.3) is 0 Å². The molecule has 4 nitrogen and oxygen atoms in total. The second-order valence-corrected chi connectivity index (χ2v) is 8.09. The minimum Gasteiger partial charge on any atom is -0.319 e. The van der Waals surface area contributed by atoms with E-state index in [0.29, 0.717) is 29.8 Å². The lowest BCUT2D eigenvalue weighted by Crippen LogP contribution is -2.42. The number of piperidine rings is 1. The highest BCUT2D eigenvalue weighted by molar-refractivity contribution is 7.89. The van der Waals surface area contributed by atoms with E-state index in [1.807, 2.05) is 25.2 Å². The van der Waals surface area contributed by atoms with Gasteiger partial charge in [-0.3, -0.25) is 0 Å². The molecule has 0 radical (unpaired) electrons. The molecule has 0 spiro atoms. The van der Waals surface area contributed by atoms with E-state index in [4.69, 9.17) is 0 Å². The summed E-state index contributed by atoms with van der Waals surface area (Å²) in [6, 6.07) is 7.37. The molecule has 0 saturated carbocycles. The fourth-order valence-electron chi connectivity index (χ4n) is 2.88. The third-order valence-corrected chi connectivity index (χ3v) is 6.00. The van der Waals surface area contributed by atoms with Crippen molar-refractivity contribution < 1.29 is 8.42 Å². The molecule has 1 aromatic rings. The van der Waals surface area contributed by atoms with Crippen molar-refractivity contribution in [1.82, 2.24) is 9.62 Å². The Morgan fingerprint density at radius 3 is 2.73 bits per heavy atom. The quantitative estimate of drug-likeness (QED) is 0.891. The summed E-state index contributed by atoms with van der Waals surface area (Å²) in [6.45, 7) is 6.28. The van der Waals surface area contributed by atoms with E-state index in [1.165, 1.54) is 0 Å². The normalized spacial score (nSPS) is 19.9. The molecule has 1 heterocycles. The van der Waals surface area contributed by atoms with Gasteiger partial charge in [0.1, 0.15) is 0 Å². The van der Waals surface area contributed by atoms with E-state index in [2.05, 4.69) is 19.2 Å². The first-order chi connectivity index (χ1) is 9.95. The lowest BCUT2D eigenvalue weighted by atomic mass is 10.00. The van der Waals surface area contributed by atoms with Gasteiger partial charge in [0.05, 0.1) is 4.90 Å².